The van der Waals surface area contributed by atoms with Gasteiger partial charge in [-0.15, -0.1) is 0 Å². The summed E-state index contributed by atoms with van der Waals surface area (Å²) in [5.74, 6) is 1.04. The molecule has 0 bridgehead atoms. The number of methoxy groups -OCH3 is 2. The standard InChI is InChI=1S/C9H11ClN2O3S/c1-14-6-4-7(15-2)8(3-5(6)10)16-12-9(11)13/h3-4H,1-2H3,(H3,11,12,13). The Morgan fingerprint density at radius 2 is 2.00 bits per heavy atom. The first-order valence-electron chi connectivity index (χ1n) is 4.22. The van der Waals surface area contributed by atoms with Gasteiger partial charge in [0, 0.05) is 6.07 Å². The van der Waals surface area contributed by atoms with Crippen LogP contribution in [-0.4, -0.2) is 20.3 Å². The quantitative estimate of drug-likeness (QED) is 0.815. The van der Waals surface area contributed by atoms with Crippen LogP contribution in [-0.2, 0) is 0 Å². The van der Waals surface area contributed by atoms with Crippen LogP contribution in [0.15, 0.2) is 17.0 Å². The van der Waals surface area contributed by atoms with Gasteiger partial charge in [-0.3, -0.25) is 4.72 Å². The van der Waals surface area contributed by atoms with E-state index in [1.807, 2.05) is 0 Å². The number of primary amides is 1. The van der Waals surface area contributed by atoms with Crippen LogP contribution < -0.4 is 19.9 Å². The molecule has 0 unspecified atom stereocenters. The molecule has 0 aliphatic rings. The molecule has 0 aliphatic carbocycles. The average Bonchev–Trinajstić information content (AvgIpc) is 2.26. The Hall–Kier alpha value is -1.27. The number of hydrogen-bond acceptors (Lipinski definition) is 4. The van der Waals surface area contributed by atoms with Crippen molar-refractivity contribution >= 4 is 29.6 Å². The summed E-state index contributed by atoms with van der Waals surface area (Å²) in [5.41, 5.74) is 4.96. The first-order chi connectivity index (χ1) is 7.58. The van der Waals surface area contributed by atoms with Gasteiger partial charge >= 0.3 is 6.03 Å². The number of carbonyl (C=O) groups is 1. The lowest BCUT2D eigenvalue weighted by Crippen LogP contribution is -2.22. The van der Waals surface area contributed by atoms with E-state index >= 15 is 0 Å². The van der Waals surface area contributed by atoms with Crippen molar-refractivity contribution in [1.29, 1.82) is 0 Å². The van der Waals surface area contributed by atoms with E-state index in [0.717, 1.165) is 11.9 Å². The highest BCUT2D eigenvalue weighted by Crippen LogP contribution is 2.36. The van der Waals surface area contributed by atoms with Crippen molar-refractivity contribution in [3.8, 4) is 11.5 Å². The monoisotopic (exact) mass is 262 g/mol. The molecule has 0 fully saturated rings. The van der Waals surface area contributed by atoms with Gasteiger partial charge in [0.15, 0.2) is 0 Å². The molecular weight excluding hydrogens is 252 g/mol. The second kappa shape index (κ2) is 5.72. The van der Waals surface area contributed by atoms with Gasteiger partial charge in [0.25, 0.3) is 0 Å². The molecule has 7 heteroatoms. The second-order valence-electron chi connectivity index (χ2n) is 2.71. The van der Waals surface area contributed by atoms with Crippen LogP contribution in [0.2, 0.25) is 5.02 Å². The predicted octanol–water partition coefficient (Wildman–Crippen LogP) is 2.03. The lowest BCUT2D eigenvalue weighted by molar-refractivity contribution is 0.254. The third kappa shape index (κ3) is 3.11. The molecule has 0 heterocycles. The van der Waals surface area contributed by atoms with Crippen molar-refractivity contribution in [2.24, 2.45) is 5.73 Å². The number of rotatable bonds is 4. The first kappa shape index (κ1) is 12.8. The molecule has 1 aromatic carbocycles. The van der Waals surface area contributed by atoms with Crippen LogP contribution in [0.4, 0.5) is 4.79 Å². The molecule has 0 aliphatic heterocycles. The minimum atomic E-state index is -0.640. The zero-order valence-electron chi connectivity index (χ0n) is 8.74. The molecule has 0 aromatic heterocycles. The third-order valence-corrected chi connectivity index (χ3v) is 2.84. The molecule has 0 radical (unpaired) electrons. The van der Waals surface area contributed by atoms with E-state index in [2.05, 4.69) is 4.72 Å². The van der Waals surface area contributed by atoms with Crippen molar-refractivity contribution in [2.75, 3.05) is 14.2 Å². The number of hydrogen-bond donors (Lipinski definition) is 2. The molecule has 0 atom stereocenters. The zero-order valence-corrected chi connectivity index (χ0v) is 10.3. The molecule has 1 rings (SSSR count). The van der Waals surface area contributed by atoms with Gasteiger partial charge in [-0.25, -0.2) is 4.79 Å². The molecule has 2 amide bonds. The summed E-state index contributed by atoms with van der Waals surface area (Å²) in [6, 6.07) is 2.62. The van der Waals surface area contributed by atoms with Gasteiger partial charge in [0.05, 0.1) is 24.1 Å². The second-order valence-corrected chi connectivity index (χ2v) is 3.96. The normalized spacial score (nSPS) is 9.69. The largest absolute Gasteiger partial charge is 0.495 e. The van der Waals surface area contributed by atoms with Crippen molar-refractivity contribution < 1.29 is 14.3 Å². The highest BCUT2D eigenvalue weighted by molar-refractivity contribution is 7.98. The first-order valence-corrected chi connectivity index (χ1v) is 5.41. The molecule has 3 N–H and O–H groups in total. The Labute approximate surface area is 102 Å². The van der Waals surface area contributed by atoms with Crippen molar-refractivity contribution in [2.45, 2.75) is 4.90 Å². The topological polar surface area (TPSA) is 73.6 Å². The summed E-state index contributed by atoms with van der Waals surface area (Å²) >= 11 is 6.96. The minimum Gasteiger partial charge on any atom is -0.495 e. The van der Waals surface area contributed by atoms with Crippen molar-refractivity contribution in [3.63, 3.8) is 0 Å². The van der Waals surface area contributed by atoms with E-state index in [0.29, 0.717) is 21.4 Å². The lowest BCUT2D eigenvalue weighted by atomic mass is 10.3. The van der Waals surface area contributed by atoms with E-state index in [1.54, 1.807) is 12.1 Å². The number of nitrogens with one attached hydrogen (secondary N) is 1. The summed E-state index contributed by atoms with van der Waals surface area (Å²) < 4.78 is 12.5. The highest BCUT2D eigenvalue weighted by Gasteiger charge is 2.11. The molecule has 0 saturated carbocycles. The Kier molecular flexibility index (Phi) is 4.57. The van der Waals surface area contributed by atoms with E-state index in [9.17, 15) is 4.79 Å². The van der Waals surface area contributed by atoms with E-state index in [4.69, 9.17) is 26.8 Å². The summed E-state index contributed by atoms with van der Waals surface area (Å²) in [4.78, 5) is 11.2. The van der Waals surface area contributed by atoms with Gasteiger partial charge < -0.3 is 15.2 Å². The summed E-state index contributed by atoms with van der Waals surface area (Å²) in [6.07, 6.45) is 0. The SMILES string of the molecule is COc1cc(OC)c(SNC(N)=O)cc1Cl. The van der Waals surface area contributed by atoms with Gasteiger partial charge in [-0.1, -0.05) is 11.6 Å². The van der Waals surface area contributed by atoms with Crippen LogP contribution in [0.25, 0.3) is 0 Å². The maximum Gasteiger partial charge on any atom is 0.322 e. The molecule has 0 saturated heterocycles. The Morgan fingerprint density at radius 1 is 1.38 bits per heavy atom. The molecule has 1 aromatic rings. The maximum absolute atomic E-state index is 10.6. The predicted molar refractivity (Wildman–Crippen MR) is 63.1 cm³/mol. The summed E-state index contributed by atoms with van der Waals surface area (Å²) in [5, 5.41) is 0.428. The molecule has 0 spiro atoms. The summed E-state index contributed by atoms with van der Waals surface area (Å²) in [7, 11) is 3.02. The van der Waals surface area contributed by atoms with Crippen molar-refractivity contribution in [1.82, 2.24) is 4.72 Å². The molecule has 88 valence electrons. The van der Waals surface area contributed by atoms with Crippen LogP contribution >= 0.6 is 23.5 Å². The molecule has 16 heavy (non-hydrogen) atoms. The van der Waals surface area contributed by atoms with Gasteiger partial charge in [-0.2, -0.15) is 0 Å². The number of urea groups is 1. The zero-order chi connectivity index (χ0) is 12.1. The van der Waals surface area contributed by atoms with Crippen molar-refractivity contribution in [3.05, 3.63) is 17.2 Å². The van der Waals surface area contributed by atoms with Gasteiger partial charge in [0.2, 0.25) is 0 Å². The lowest BCUT2D eigenvalue weighted by Gasteiger charge is -2.11. The van der Waals surface area contributed by atoms with E-state index in [-0.39, 0.29) is 0 Å². The van der Waals surface area contributed by atoms with Crippen LogP contribution in [0.5, 0.6) is 11.5 Å². The number of nitrogens with two attached hydrogens (primary N) is 1. The van der Waals surface area contributed by atoms with Crippen LogP contribution in [0.1, 0.15) is 0 Å². The number of carbonyl (C=O) groups excluding carboxylic acids is 1. The van der Waals surface area contributed by atoms with Gasteiger partial charge in [0.1, 0.15) is 11.5 Å². The fraction of sp³-hybridized carbons (Fsp3) is 0.222. The average molecular weight is 263 g/mol. The van der Waals surface area contributed by atoms with Gasteiger partial charge in [-0.05, 0) is 18.0 Å². The number of benzene rings is 1. The van der Waals surface area contributed by atoms with Crippen LogP contribution in [0.3, 0.4) is 0 Å². The Balaban J connectivity index is 2.98. The maximum atomic E-state index is 10.6. The smallest absolute Gasteiger partial charge is 0.322 e. The minimum absolute atomic E-state index is 0.428. The van der Waals surface area contributed by atoms with E-state index < -0.39 is 6.03 Å². The Bertz CT molecular complexity index is 401. The highest BCUT2D eigenvalue weighted by atomic mass is 35.5. The Morgan fingerprint density at radius 3 is 2.50 bits per heavy atom. The summed E-state index contributed by atoms with van der Waals surface area (Å²) in [6.45, 7) is 0. The fourth-order valence-corrected chi connectivity index (χ4v) is 1.95. The third-order valence-electron chi connectivity index (χ3n) is 1.70. The molecule has 5 nitrogen and oxygen atoms in total. The fourth-order valence-electron chi connectivity index (χ4n) is 1.02. The van der Waals surface area contributed by atoms with Crippen LogP contribution in [0, 0.1) is 0 Å². The molecular formula is C9H11ClN2O3S. The number of halogens is 1. The number of amides is 2. The van der Waals surface area contributed by atoms with E-state index in [1.165, 1.54) is 14.2 Å². The number of ether oxygens (including phenoxy) is 2.